The molecule has 0 atom stereocenters. The van der Waals surface area contributed by atoms with Gasteiger partial charge in [0, 0.05) is 25.4 Å². The van der Waals surface area contributed by atoms with Crippen LogP contribution in [0.4, 0.5) is 0 Å². The number of pyridine rings is 1. The lowest BCUT2D eigenvalue weighted by atomic mass is 9.96. The van der Waals surface area contributed by atoms with Gasteiger partial charge in [-0.2, -0.15) is 5.10 Å². The van der Waals surface area contributed by atoms with Crippen LogP contribution in [0.5, 0.6) is 0 Å². The zero-order chi connectivity index (χ0) is 25.6. The van der Waals surface area contributed by atoms with E-state index in [1.54, 1.807) is 17.7 Å². The Hall–Kier alpha value is -3.24. The monoisotopic (exact) mass is 507 g/mol. The van der Waals surface area contributed by atoms with Crippen LogP contribution in [0.1, 0.15) is 53.4 Å². The van der Waals surface area contributed by atoms with Crippen LogP contribution in [0.2, 0.25) is 0 Å². The molecule has 4 aromatic heterocycles. The van der Waals surface area contributed by atoms with Crippen molar-refractivity contribution >= 4 is 39.0 Å². The summed E-state index contributed by atoms with van der Waals surface area (Å²) in [6.07, 6.45) is 5.51. The Labute approximate surface area is 214 Å². The molecule has 9 nitrogen and oxygen atoms in total. The Morgan fingerprint density at radius 2 is 2.03 bits per heavy atom. The third-order valence-electron chi connectivity index (χ3n) is 7.11. The molecule has 1 fully saturated rings. The predicted molar refractivity (Wildman–Crippen MR) is 142 cm³/mol. The van der Waals surface area contributed by atoms with Gasteiger partial charge in [-0.25, -0.2) is 9.50 Å². The number of nitrogens with zero attached hydrogens (tertiary/aromatic N) is 5. The van der Waals surface area contributed by atoms with Crippen LogP contribution in [-0.4, -0.2) is 74.4 Å². The van der Waals surface area contributed by atoms with Gasteiger partial charge in [-0.1, -0.05) is 13.8 Å². The number of hydrogen-bond donors (Lipinski definition) is 2. The summed E-state index contributed by atoms with van der Waals surface area (Å²) in [4.78, 5) is 37.1. The SMILES string of the molecule is Cc1cc(-c2[nH]c3cc(C(=O)N(C)CC4CCN(CC(N)=O)CC4)sc3c2C(C)C)cn2ncnc12. The summed E-state index contributed by atoms with van der Waals surface area (Å²) in [5.41, 5.74) is 11.6. The normalized spacial score (nSPS) is 15.4. The number of aromatic nitrogens is 4. The molecule has 190 valence electrons. The van der Waals surface area contributed by atoms with Crippen LogP contribution >= 0.6 is 11.3 Å². The van der Waals surface area contributed by atoms with E-state index in [1.807, 2.05) is 35.6 Å². The Morgan fingerprint density at radius 1 is 1.28 bits per heavy atom. The van der Waals surface area contributed by atoms with Gasteiger partial charge in [-0.15, -0.1) is 11.3 Å². The van der Waals surface area contributed by atoms with Gasteiger partial charge in [-0.05, 0) is 68.0 Å². The number of rotatable bonds is 7. The minimum atomic E-state index is -0.285. The standard InChI is InChI=1S/C26H33N7O2S/c1-15(2)22-23(18-9-16(3)25-28-14-29-33(25)12-18)30-19-10-20(36-24(19)22)26(35)31(4)11-17-5-7-32(8-6-17)13-21(27)34/h9-10,12,14-15,17,30H,5-8,11,13H2,1-4H3,(H2,27,34). The number of nitrogens with one attached hydrogen (secondary N) is 1. The molecule has 3 N–H and O–H groups in total. The highest BCUT2D eigenvalue weighted by Gasteiger charge is 2.26. The van der Waals surface area contributed by atoms with E-state index < -0.39 is 0 Å². The molecule has 36 heavy (non-hydrogen) atoms. The first-order chi connectivity index (χ1) is 17.2. The first kappa shape index (κ1) is 24.5. The van der Waals surface area contributed by atoms with Crippen molar-refractivity contribution in [2.24, 2.45) is 11.7 Å². The lowest BCUT2D eigenvalue weighted by molar-refractivity contribution is -0.119. The van der Waals surface area contributed by atoms with Crippen LogP contribution in [0.15, 0.2) is 24.7 Å². The fraction of sp³-hybridized carbons (Fsp3) is 0.462. The number of likely N-dealkylation sites (tertiary alicyclic amines) is 1. The van der Waals surface area contributed by atoms with E-state index in [-0.39, 0.29) is 17.7 Å². The molecule has 0 saturated carbocycles. The van der Waals surface area contributed by atoms with E-state index in [4.69, 9.17) is 5.73 Å². The second kappa shape index (κ2) is 9.67. The molecule has 5 rings (SSSR count). The van der Waals surface area contributed by atoms with Crippen molar-refractivity contribution in [3.05, 3.63) is 40.7 Å². The quantitative estimate of drug-likeness (QED) is 0.397. The van der Waals surface area contributed by atoms with Gasteiger partial charge in [0.1, 0.15) is 6.33 Å². The highest BCUT2D eigenvalue weighted by molar-refractivity contribution is 7.21. The lowest BCUT2D eigenvalue weighted by Gasteiger charge is -2.33. The minimum absolute atomic E-state index is 0.0558. The molecule has 0 spiro atoms. The molecule has 2 amide bonds. The first-order valence-electron chi connectivity index (χ1n) is 12.4. The summed E-state index contributed by atoms with van der Waals surface area (Å²) in [5.74, 6) is 0.485. The van der Waals surface area contributed by atoms with Gasteiger partial charge >= 0.3 is 0 Å². The molecule has 0 aliphatic carbocycles. The van der Waals surface area contributed by atoms with Gasteiger partial charge in [-0.3, -0.25) is 14.5 Å². The van der Waals surface area contributed by atoms with Crippen molar-refractivity contribution in [1.29, 1.82) is 0 Å². The van der Waals surface area contributed by atoms with Crippen molar-refractivity contribution in [3.8, 4) is 11.3 Å². The van der Waals surface area contributed by atoms with Crippen LogP contribution in [0.25, 0.3) is 27.1 Å². The van der Waals surface area contributed by atoms with Crippen molar-refractivity contribution in [1.82, 2.24) is 29.4 Å². The number of fused-ring (bicyclic) bond motifs is 2. The van der Waals surface area contributed by atoms with Gasteiger partial charge in [0.2, 0.25) is 5.91 Å². The Balaban J connectivity index is 1.36. The van der Waals surface area contributed by atoms with Crippen LogP contribution < -0.4 is 5.73 Å². The maximum absolute atomic E-state index is 13.3. The number of piperidine rings is 1. The summed E-state index contributed by atoms with van der Waals surface area (Å²) in [6, 6.07) is 4.13. The van der Waals surface area contributed by atoms with Crippen LogP contribution in [0, 0.1) is 12.8 Å². The summed E-state index contributed by atoms with van der Waals surface area (Å²) in [7, 11) is 1.89. The topological polar surface area (TPSA) is 113 Å². The third-order valence-corrected chi connectivity index (χ3v) is 8.26. The molecular weight excluding hydrogens is 474 g/mol. The highest BCUT2D eigenvalue weighted by Crippen LogP contribution is 2.40. The summed E-state index contributed by atoms with van der Waals surface area (Å²) in [5, 5.41) is 4.32. The molecule has 10 heteroatoms. The van der Waals surface area contributed by atoms with E-state index in [9.17, 15) is 9.59 Å². The maximum atomic E-state index is 13.3. The lowest BCUT2D eigenvalue weighted by Crippen LogP contribution is -2.42. The van der Waals surface area contributed by atoms with Gasteiger partial charge < -0.3 is 15.6 Å². The summed E-state index contributed by atoms with van der Waals surface area (Å²) in [6.45, 7) is 9.14. The molecule has 0 radical (unpaired) electrons. The van der Waals surface area contributed by atoms with Crippen molar-refractivity contribution in [2.75, 3.05) is 33.2 Å². The Kier molecular flexibility index (Phi) is 6.57. The molecule has 1 saturated heterocycles. The number of amides is 2. The van der Waals surface area contributed by atoms with Crippen molar-refractivity contribution < 1.29 is 9.59 Å². The molecule has 1 aliphatic rings. The molecule has 5 heterocycles. The Bertz CT molecular complexity index is 1420. The van der Waals surface area contributed by atoms with Crippen molar-refractivity contribution in [2.45, 2.75) is 39.5 Å². The number of aromatic amines is 1. The number of hydrogen-bond acceptors (Lipinski definition) is 6. The van der Waals surface area contributed by atoms with Crippen molar-refractivity contribution in [3.63, 3.8) is 0 Å². The van der Waals surface area contributed by atoms with Gasteiger partial charge in [0.25, 0.3) is 5.91 Å². The van der Waals surface area contributed by atoms with E-state index in [0.717, 1.165) is 63.5 Å². The number of thiophene rings is 1. The van der Waals surface area contributed by atoms with Crippen LogP contribution in [0.3, 0.4) is 0 Å². The fourth-order valence-electron chi connectivity index (χ4n) is 5.32. The third kappa shape index (κ3) is 4.62. The number of nitrogens with two attached hydrogens (primary N) is 1. The average molecular weight is 508 g/mol. The van der Waals surface area contributed by atoms with E-state index in [2.05, 4.69) is 39.9 Å². The minimum Gasteiger partial charge on any atom is -0.369 e. The van der Waals surface area contributed by atoms with E-state index in [0.29, 0.717) is 19.0 Å². The number of H-pyrrole nitrogens is 1. The largest absolute Gasteiger partial charge is 0.369 e. The summed E-state index contributed by atoms with van der Waals surface area (Å²) < 4.78 is 2.94. The predicted octanol–water partition coefficient (Wildman–Crippen LogP) is 3.64. The highest BCUT2D eigenvalue weighted by atomic mass is 32.1. The molecule has 0 unspecified atom stereocenters. The smallest absolute Gasteiger partial charge is 0.263 e. The molecule has 0 bridgehead atoms. The van der Waals surface area contributed by atoms with Gasteiger partial charge in [0.05, 0.1) is 27.3 Å². The first-order valence-corrected chi connectivity index (χ1v) is 13.2. The number of primary amides is 1. The number of aryl methyl sites for hydroxylation is 1. The summed E-state index contributed by atoms with van der Waals surface area (Å²) >= 11 is 1.57. The van der Waals surface area contributed by atoms with E-state index in [1.165, 1.54) is 5.56 Å². The molecule has 0 aromatic carbocycles. The van der Waals surface area contributed by atoms with Gasteiger partial charge in [0.15, 0.2) is 5.65 Å². The maximum Gasteiger partial charge on any atom is 0.263 e. The molecule has 1 aliphatic heterocycles. The van der Waals surface area contributed by atoms with E-state index >= 15 is 0 Å². The second-order valence-corrected chi connectivity index (χ2v) is 11.3. The molecular formula is C26H33N7O2S. The Morgan fingerprint density at radius 3 is 2.72 bits per heavy atom. The number of carbonyl (C=O) groups is 2. The number of carbonyl (C=O) groups excluding carboxylic acids is 2. The molecule has 4 aromatic rings. The average Bonchev–Trinajstić information content (AvgIpc) is 3.53. The fourth-order valence-corrected chi connectivity index (χ4v) is 6.63. The second-order valence-electron chi connectivity index (χ2n) is 10.2. The van der Waals surface area contributed by atoms with Crippen LogP contribution in [-0.2, 0) is 4.79 Å². The zero-order valence-corrected chi connectivity index (χ0v) is 22.1. The zero-order valence-electron chi connectivity index (χ0n) is 21.2.